The number of hydrogen-bond donors (Lipinski definition) is 3. The maximum Gasteiger partial charge on any atom is 0.228 e. The summed E-state index contributed by atoms with van der Waals surface area (Å²) in [6.45, 7) is 3.98. The topological polar surface area (TPSA) is 70.4 Å². The number of nitrogens with two attached hydrogens (primary N) is 1. The molecule has 3 aliphatic rings. The third-order valence-electron chi connectivity index (χ3n) is 5.69. The lowest BCUT2D eigenvalue weighted by molar-refractivity contribution is -0.115. The average Bonchev–Trinajstić information content (AvgIpc) is 3.03. The fourth-order valence-electron chi connectivity index (χ4n) is 4.25. The van der Waals surface area contributed by atoms with Gasteiger partial charge in [-0.15, -0.1) is 0 Å². The van der Waals surface area contributed by atoms with Gasteiger partial charge in [0.05, 0.1) is 6.42 Å². The minimum Gasteiger partial charge on any atom is -0.402 e. The first kappa shape index (κ1) is 19.6. The van der Waals surface area contributed by atoms with Gasteiger partial charge in [0.1, 0.15) is 0 Å². The molecule has 0 bridgehead atoms. The number of carbonyl (C=O) groups excluding carboxylic acids is 1. The number of anilines is 1. The minimum absolute atomic E-state index is 0.0315. The van der Waals surface area contributed by atoms with E-state index in [1.165, 1.54) is 5.57 Å². The Hall–Kier alpha value is -1.73. The predicted octanol–water partition coefficient (Wildman–Crippen LogP) is 2.58. The number of fused-ring (bicyclic) bond motifs is 1. The molecule has 4 N–H and O–H groups in total. The van der Waals surface area contributed by atoms with Crippen LogP contribution in [0.15, 0.2) is 35.6 Å². The zero-order valence-electron chi connectivity index (χ0n) is 15.8. The first-order valence-corrected chi connectivity index (χ1v) is 10.6. The molecule has 1 unspecified atom stereocenters. The molecular weight excluding hydrogens is 392 g/mol. The fourth-order valence-corrected chi connectivity index (χ4v) is 4.88. The van der Waals surface area contributed by atoms with Crippen LogP contribution in [0.3, 0.4) is 0 Å². The second-order valence-corrected chi connectivity index (χ2v) is 8.46. The summed E-state index contributed by atoms with van der Waals surface area (Å²) in [5, 5.41) is 6.99. The molecule has 1 aromatic carbocycles. The fraction of sp³-hybridized carbons (Fsp3) is 0.429. The highest BCUT2D eigenvalue weighted by Gasteiger charge is 2.27. The Balaban J connectivity index is 1.54. The molecule has 4 rings (SSSR count). The van der Waals surface area contributed by atoms with Crippen molar-refractivity contribution in [3.63, 3.8) is 0 Å². The molecule has 1 fully saturated rings. The molecule has 1 atom stereocenters. The maximum atomic E-state index is 11.7. The summed E-state index contributed by atoms with van der Waals surface area (Å²) in [4.78, 5) is 15.0. The number of nitrogens with one attached hydrogen (secondary N) is 2. The van der Waals surface area contributed by atoms with E-state index in [1.54, 1.807) is 0 Å². The van der Waals surface area contributed by atoms with E-state index >= 15 is 0 Å². The predicted molar refractivity (Wildman–Crippen MR) is 118 cm³/mol. The number of aryl methyl sites for hydroxylation is 1. The summed E-state index contributed by atoms with van der Waals surface area (Å²) in [6, 6.07) is 4.21. The van der Waals surface area contributed by atoms with Crippen molar-refractivity contribution in [1.82, 2.24) is 10.2 Å². The molecule has 148 valence electrons. The van der Waals surface area contributed by atoms with Gasteiger partial charge in [-0.1, -0.05) is 36.0 Å². The van der Waals surface area contributed by atoms with Gasteiger partial charge in [-0.2, -0.15) is 0 Å². The van der Waals surface area contributed by atoms with Crippen molar-refractivity contribution < 1.29 is 4.79 Å². The Morgan fingerprint density at radius 3 is 2.82 bits per heavy atom. The van der Waals surface area contributed by atoms with Crippen molar-refractivity contribution >= 4 is 40.3 Å². The molecule has 1 amide bonds. The first-order valence-electron chi connectivity index (χ1n) is 9.77. The van der Waals surface area contributed by atoms with E-state index in [2.05, 4.69) is 27.7 Å². The SMILES string of the molecule is NC1=CC(=S)C(C(CCc2cc3c(cc2Cl)NC(=O)C3)N2CCNCC2)=CC1. The van der Waals surface area contributed by atoms with E-state index in [1.807, 2.05) is 12.1 Å². The normalized spacial score (nSPS) is 21.0. The van der Waals surface area contributed by atoms with Crippen molar-refractivity contribution in [1.29, 1.82) is 0 Å². The van der Waals surface area contributed by atoms with Crippen molar-refractivity contribution in [2.24, 2.45) is 5.73 Å². The number of allylic oxidation sites excluding steroid dienone is 2. The Kier molecular flexibility index (Phi) is 5.83. The number of halogens is 1. The van der Waals surface area contributed by atoms with Gasteiger partial charge in [0.15, 0.2) is 0 Å². The van der Waals surface area contributed by atoms with Gasteiger partial charge < -0.3 is 16.4 Å². The quantitative estimate of drug-likeness (QED) is 0.643. The summed E-state index contributed by atoms with van der Waals surface area (Å²) < 4.78 is 0. The van der Waals surface area contributed by atoms with Crippen LogP contribution in [0.2, 0.25) is 5.02 Å². The molecule has 5 nitrogen and oxygen atoms in total. The number of carbonyl (C=O) groups is 1. The highest BCUT2D eigenvalue weighted by atomic mass is 35.5. The van der Waals surface area contributed by atoms with E-state index in [9.17, 15) is 4.79 Å². The molecule has 0 radical (unpaired) electrons. The second-order valence-electron chi connectivity index (χ2n) is 7.61. The van der Waals surface area contributed by atoms with Crippen LogP contribution in [0.1, 0.15) is 24.0 Å². The Morgan fingerprint density at radius 1 is 1.29 bits per heavy atom. The highest BCUT2D eigenvalue weighted by molar-refractivity contribution is 7.81. The second kappa shape index (κ2) is 8.33. The maximum absolute atomic E-state index is 11.7. The standard InChI is InChI=1S/C21H25ClN4OS/c22-17-12-18-14(10-21(27)25-18)9-13(17)1-4-19(26-7-5-24-6-8-26)16-3-2-15(23)11-20(16)28/h3,9,11-12,19,24H,1-2,4-8,10,23H2,(H,25,27). The lowest BCUT2D eigenvalue weighted by Crippen LogP contribution is -2.50. The largest absolute Gasteiger partial charge is 0.402 e. The van der Waals surface area contributed by atoms with Gasteiger partial charge in [0.25, 0.3) is 0 Å². The Labute approximate surface area is 176 Å². The Bertz CT molecular complexity index is 873. The molecule has 2 aliphatic heterocycles. The lowest BCUT2D eigenvalue weighted by Gasteiger charge is -2.37. The zero-order valence-corrected chi connectivity index (χ0v) is 17.3. The number of thiocarbonyl (C=S) groups is 1. The van der Waals surface area contributed by atoms with E-state index in [0.29, 0.717) is 11.4 Å². The van der Waals surface area contributed by atoms with Crippen molar-refractivity contribution in [2.75, 3.05) is 31.5 Å². The van der Waals surface area contributed by atoms with Crippen LogP contribution in [-0.4, -0.2) is 47.9 Å². The number of nitrogens with zero attached hydrogens (tertiary/aromatic N) is 1. The van der Waals surface area contributed by atoms with Gasteiger partial charge in [-0.3, -0.25) is 9.69 Å². The summed E-state index contributed by atoms with van der Waals surface area (Å²) in [7, 11) is 0. The van der Waals surface area contributed by atoms with Crippen molar-refractivity contribution in [3.8, 4) is 0 Å². The molecule has 2 heterocycles. The van der Waals surface area contributed by atoms with Crippen LogP contribution in [-0.2, 0) is 17.6 Å². The number of hydrogen-bond acceptors (Lipinski definition) is 5. The van der Waals surface area contributed by atoms with Gasteiger partial charge in [0.2, 0.25) is 5.91 Å². The van der Waals surface area contributed by atoms with Gasteiger partial charge in [-0.25, -0.2) is 0 Å². The molecule has 0 saturated carbocycles. The molecule has 0 spiro atoms. The van der Waals surface area contributed by atoms with Crippen LogP contribution in [0.5, 0.6) is 0 Å². The van der Waals surface area contributed by atoms with Crippen molar-refractivity contribution in [3.05, 3.63) is 51.7 Å². The number of amides is 1. The Morgan fingerprint density at radius 2 is 2.07 bits per heavy atom. The molecule has 7 heteroatoms. The molecule has 1 aliphatic carbocycles. The summed E-state index contributed by atoms with van der Waals surface area (Å²) in [6.07, 6.45) is 7.08. The molecule has 28 heavy (non-hydrogen) atoms. The van der Waals surface area contributed by atoms with E-state index in [0.717, 1.165) is 72.8 Å². The third-order valence-corrected chi connectivity index (χ3v) is 6.40. The van der Waals surface area contributed by atoms with Crippen molar-refractivity contribution in [2.45, 2.75) is 31.7 Å². The lowest BCUT2D eigenvalue weighted by atomic mass is 9.90. The minimum atomic E-state index is 0.0315. The third kappa shape index (κ3) is 4.15. The van der Waals surface area contributed by atoms with E-state index in [4.69, 9.17) is 29.6 Å². The summed E-state index contributed by atoms with van der Waals surface area (Å²) in [5.74, 6) is 0.0315. The molecule has 1 aromatic rings. The van der Waals surface area contributed by atoms with Gasteiger partial charge in [0, 0.05) is 59.9 Å². The number of benzene rings is 1. The van der Waals surface area contributed by atoms with Crippen LogP contribution in [0.25, 0.3) is 0 Å². The van der Waals surface area contributed by atoms with Crippen LogP contribution in [0, 0.1) is 0 Å². The average molecular weight is 417 g/mol. The summed E-state index contributed by atoms with van der Waals surface area (Å²) >= 11 is 12.2. The van der Waals surface area contributed by atoms with E-state index < -0.39 is 0 Å². The van der Waals surface area contributed by atoms with Crippen LogP contribution >= 0.6 is 23.8 Å². The smallest absolute Gasteiger partial charge is 0.228 e. The first-order chi connectivity index (χ1) is 13.5. The van der Waals surface area contributed by atoms with Gasteiger partial charge >= 0.3 is 0 Å². The van der Waals surface area contributed by atoms with E-state index in [-0.39, 0.29) is 11.9 Å². The molecule has 0 aromatic heterocycles. The summed E-state index contributed by atoms with van der Waals surface area (Å²) in [5.41, 5.74) is 11.0. The molecule has 1 saturated heterocycles. The zero-order chi connectivity index (χ0) is 19.7. The van der Waals surface area contributed by atoms with Crippen LogP contribution in [0.4, 0.5) is 5.69 Å². The molecular formula is C21H25ClN4OS. The monoisotopic (exact) mass is 416 g/mol. The number of piperazine rings is 1. The highest BCUT2D eigenvalue weighted by Crippen LogP contribution is 2.32. The van der Waals surface area contributed by atoms with Crippen LogP contribution < -0.4 is 16.4 Å². The number of rotatable bonds is 5. The van der Waals surface area contributed by atoms with Gasteiger partial charge in [-0.05, 0) is 41.7 Å².